The topological polar surface area (TPSA) is 75.7 Å². The van der Waals surface area contributed by atoms with E-state index in [-0.39, 0.29) is 16.8 Å². The number of morpholine rings is 1. The van der Waals surface area contributed by atoms with Crippen molar-refractivity contribution in [3.63, 3.8) is 0 Å². The maximum absolute atomic E-state index is 12.8. The number of carbonyl (C=O) groups is 1. The highest BCUT2D eigenvalue weighted by atomic mass is 32.2. The Balaban J connectivity index is 1.83. The second-order valence-electron chi connectivity index (χ2n) is 6.98. The van der Waals surface area contributed by atoms with Crippen molar-refractivity contribution in [1.82, 2.24) is 9.62 Å². The van der Waals surface area contributed by atoms with Crippen molar-refractivity contribution in [2.75, 3.05) is 26.3 Å². The number of aryl methyl sites for hydroxylation is 1. The first-order valence-electron chi connectivity index (χ1n) is 9.04. The highest BCUT2D eigenvalue weighted by molar-refractivity contribution is 7.89. The molecule has 1 aliphatic heterocycles. The van der Waals surface area contributed by atoms with Gasteiger partial charge >= 0.3 is 0 Å². The molecule has 1 aliphatic carbocycles. The molecule has 26 heavy (non-hydrogen) atoms. The third-order valence-electron chi connectivity index (χ3n) is 4.95. The summed E-state index contributed by atoms with van der Waals surface area (Å²) >= 11 is 0. The summed E-state index contributed by atoms with van der Waals surface area (Å²) in [6.45, 7) is 5.35. The van der Waals surface area contributed by atoms with Crippen molar-refractivity contribution in [2.45, 2.75) is 44.0 Å². The van der Waals surface area contributed by atoms with Gasteiger partial charge in [0.15, 0.2) is 0 Å². The smallest absolute Gasteiger partial charge is 0.252 e. The Morgan fingerprint density at radius 1 is 1.23 bits per heavy atom. The van der Waals surface area contributed by atoms with Crippen LogP contribution in [0.4, 0.5) is 0 Å². The summed E-state index contributed by atoms with van der Waals surface area (Å²) in [4.78, 5) is 12.9. The molecule has 0 spiro atoms. The minimum Gasteiger partial charge on any atom is -0.379 e. The molecule has 1 amide bonds. The Morgan fingerprint density at radius 2 is 1.96 bits per heavy atom. The van der Waals surface area contributed by atoms with E-state index in [9.17, 15) is 13.2 Å². The van der Waals surface area contributed by atoms with Crippen molar-refractivity contribution < 1.29 is 17.9 Å². The molecular formula is C19H26N2O4S. The van der Waals surface area contributed by atoms with Crippen molar-refractivity contribution >= 4 is 15.9 Å². The van der Waals surface area contributed by atoms with E-state index in [0.29, 0.717) is 31.9 Å². The van der Waals surface area contributed by atoms with Gasteiger partial charge in [0.1, 0.15) is 0 Å². The Bertz CT molecular complexity index is 811. The van der Waals surface area contributed by atoms with Gasteiger partial charge in [-0.1, -0.05) is 17.7 Å². The van der Waals surface area contributed by atoms with Crippen molar-refractivity contribution in [3.05, 3.63) is 41.0 Å². The lowest BCUT2D eigenvalue weighted by atomic mass is 9.96. The molecule has 1 aromatic rings. The van der Waals surface area contributed by atoms with Gasteiger partial charge in [-0.2, -0.15) is 4.31 Å². The minimum atomic E-state index is -3.62. The van der Waals surface area contributed by atoms with Gasteiger partial charge in [-0.15, -0.1) is 0 Å². The fourth-order valence-electron chi connectivity index (χ4n) is 3.41. The van der Waals surface area contributed by atoms with Crippen LogP contribution in [-0.2, 0) is 14.8 Å². The van der Waals surface area contributed by atoms with Gasteiger partial charge in [0.25, 0.3) is 5.91 Å². The zero-order chi connectivity index (χ0) is 18.7. The molecule has 142 valence electrons. The van der Waals surface area contributed by atoms with Crippen LogP contribution >= 0.6 is 0 Å². The molecule has 1 heterocycles. The molecule has 1 atom stereocenters. The molecule has 1 unspecified atom stereocenters. The SMILES string of the molecule is CC1=CC(NC(=O)c2cc(S(=O)(=O)N3CCOCC3)ccc2C)CCC1. The molecule has 0 radical (unpaired) electrons. The van der Waals surface area contributed by atoms with E-state index >= 15 is 0 Å². The van der Waals surface area contributed by atoms with Crippen LogP contribution in [0.5, 0.6) is 0 Å². The molecule has 1 aromatic carbocycles. The van der Waals surface area contributed by atoms with Gasteiger partial charge in [-0.05, 0) is 50.8 Å². The molecule has 3 rings (SSSR count). The molecule has 7 heteroatoms. The maximum Gasteiger partial charge on any atom is 0.252 e. The van der Waals surface area contributed by atoms with Crippen molar-refractivity contribution in [2.24, 2.45) is 0 Å². The van der Waals surface area contributed by atoms with E-state index in [1.807, 2.05) is 6.92 Å². The normalized spacial score (nSPS) is 21.9. The number of sulfonamides is 1. The van der Waals surface area contributed by atoms with Crippen molar-refractivity contribution in [3.8, 4) is 0 Å². The van der Waals surface area contributed by atoms with Gasteiger partial charge in [0.05, 0.1) is 18.1 Å². The Labute approximate surface area is 155 Å². The third-order valence-corrected chi connectivity index (χ3v) is 6.84. The Kier molecular flexibility index (Phi) is 5.79. The lowest BCUT2D eigenvalue weighted by Gasteiger charge is -2.26. The second-order valence-corrected chi connectivity index (χ2v) is 8.92. The molecule has 0 saturated carbocycles. The number of allylic oxidation sites excluding steroid dienone is 1. The highest BCUT2D eigenvalue weighted by Crippen LogP contribution is 2.22. The summed E-state index contributed by atoms with van der Waals surface area (Å²) in [6, 6.07) is 4.77. The minimum absolute atomic E-state index is 0.00940. The number of ether oxygens (including phenoxy) is 1. The van der Waals surface area contributed by atoms with Gasteiger partial charge in [0.2, 0.25) is 10.0 Å². The summed E-state index contributed by atoms with van der Waals surface area (Å²) < 4.78 is 32.3. The van der Waals surface area contributed by atoms with Crippen molar-refractivity contribution in [1.29, 1.82) is 0 Å². The zero-order valence-corrected chi connectivity index (χ0v) is 16.1. The van der Waals surface area contributed by atoms with E-state index in [0.717, 1.165) is 24.8 Å². The maximum atomic E-state index is 12.8. The van der Waals surface area contributed by atoms with Crippen LogP contribution in [0.2, 0.25) is 0 Å². The number of hydrogen-bond acceptors (Lipinski definition) is 4. The first-order chi connectivity index (χ1) is 12.4. The number of hydrogen-bond donors (Lipinski definition) is 1. The van der Waals surface area contributed by atoms with Gasteiger partial charge in [-0.25, -0.2) is 8.42 Å². The lowest BCUT2D eigenvalue weighted by Crippen LogP contribution is -2.40. The Morgan fingerprint density at radius 3 is 2.65 bits per heavy atom. The molecule has 1 N–H and O–H groups in total. The predicted octanol–water partition coefficient (Wildman–Crippen LogP) is 2.24. The second kappa shape index (κ2) is 7.90. The number of nitrogens with one attached hydrogen (secondary N) is 1. The first kappa shape index (κ1) is 19.1. The van der Waals surface area contributed by atoms with E-state index in [2.05, 4.69) is 18.3 Å². The molecule has 1 saturated heterocycles. The molecule has 1 fully saturated rings. The Hall–Kier alpha value is -1.70. The van der Waals surface area contributed by atoms with E-state index in [1.165, 1.54) is 15.9 Å². The van der Waals surface area contributed by atoms with Gasteiger partial charge in [0, 0.05) is 24.7 Å². The van der Waals surface area contributed by atoms with Crippen LogP contribution in [0.15, 0.2) is 34.7 Å². The predicted molar refractivity (Wildman–Crippen MR) is 99.6 cm³/mol. The fraction of sp³-hybridized carbons (Fsp3) is 0.526. The van der Waals surface area contributed by atoms with Crippen LogP contribution in [0.25, 0.3) is 0 Å². The number of rotatable bonds is 4. The molecular weight excluding hydrogens is 352 g/mol. The van der Waals surface area contributed by atoms with Crippen LogP contribution in [0.3, 0.4) is 0 Å². The standard InChI is InChI=1S/C19H26N2O4S/c1-14-4-3-5-16(12-14)20-19(22)18-13-17(7-6-15(18)2)26(23,24)21-8-10-25-11-9-21/h6-7,12-13,16H,3-5,8-11H2,1-2H3,(H,20,22). The average Bonchev–Trinajstić information content (AvgIpc) is 2.62. The van der Waals surface area contributed by atoms with Crippen LogP contribution < -0.4 is 5.32 Å². The first-order valence-corrected chi connectivity index (χ1v) is 10.5. The summed E-state index contributed by atoms with van der Waals surface area (Å²) in [5, 5.41) is 3.02. The van der Waals surface area contributed by atoms with E-state index in [4.69, 9.17) is 4.74 Å². The largest absolute Gasteiger partial charge is 0.379 e. The fourth-order valence-corrected chi connectivity index (χ4v) is 4.85. The zero-order valence-electron chi connectivity index (χ0n) is 15.3. The number of carbonyl (C=O) groups excluding carboxylic acids is 1. The van der Waals surface area contributed by atoms with Crippen LogP contribution in [-0.4, -0.2) is 51.0 Å². The van der Waals surface area contributed by atoms with Crippen LogP contribution in [0, 0.1) is 6.92 Å². The summed E-state index contributed by atoms with van der Waals surface area (Å²) in [7, 11) is -3.62. The summed E-state index contributed by atoms with van der Waals surface area (Å²) in [6.07, 6.45) is 5.12. The molecule has 0 bridgehead atoms. The molecule has 2 aliphatic rings. The number of benzene rings is 1. The lowest BCUT2D eigenvalue weighted by molar-refractivity contribution is 0.0730. The molecule has 6 nitrogen and oxygen atoms in total. The average molecular weight is 378 g/mol. The number of nitrogens with zero attached hydrogens (tertiary/aromatic N) is 1. The van der Waals surface area contributed by atoms with E-state index in [1.54, 1.807) is 12.1 Å². The van der Waals surface area contributed by atoms with Gasteiger partial charge < -0.3 is 10.1 Å². The highest BCUT2D eigenvalue weighted by Gasteiger charge is 2.27. The number of amides is 1. The third kappa shape index (κ3) is 4.16. The van der Waals surface area contributed by atoms with Crippen LogP contribution in [0.1, 0.15) is 42.1 Å². The summed E-state index contributed by atoms with van der Waals surface area (Å²) in [5.74, 6) is -0.225. The quantitative estimate of drug-likeness (QED) is 0.816. The monoisotopic (exact) mass is 378 g/mol. The van der Waals surface area contributed by atoms with E-state index < -0.39 is 10.0 Å². The van der Waals surface area contributed by atoms with Gasteiger partial charge in [-0.3, -0.25) is 4.79 Å². The summed E-state index contributed by atoms with van der Waals surface area (Å²) in [5.41, 5.74) is 2.46. The molecule has 0 aromatic heterocycles.